The van der Waals surface area contributed by atoms with E-state index in [0.29, 0.717) is 6.61 Å². The molecule has 0 aromatic carbocycles. The Morgan fingerprint density at radius 2 is 2.00 bits per heavy atom. The van der Waals surface area contributed by atoms with Crippen molar-refractivity contribution in [2.45, 2.75) is 58.3 Å². The Morgan fingerprint density at radius 3 is 2.65 bits per heavy atom. The van der Waals surface area contributed by atoms with Crippen LogP contribution in [-0.4, -0.2) is 26.5 Å². The monoisotopic (exact) mass is 279 g/mol. The summed E-state index contributed by atoms with van der Waals surface area (Å²) in [5.74, 6) is 0. The van der Waals surface area contributed by atoms with Crippen LogP contribution in [0.15, 0.2) is 22.9 Å². The molecule has 114 valence electrons. The van der Waals surface area contributed by atoms with Crippen molar-refractivity contribution < 1.29 is 9.53 Å². The standard InChI is InChI=1S/C17H29NO2/c1-3-4-11-18-17-10-8-6-5-7-9-16(17)12-15(13-19)14-20-2/h12-13,18H,3-11,14H2,1-2H3/b15-12+,17-16-. The second kappa shape index (κ2) is 10.7. The van der Waals surface area contributed by atoms with Gasteiger partial charge in [0.1, 0.15) is 6.29 Å². The zero-order chi connectivity index (χ0) is 14.6. The molecule has 3 heteroatoms. The Kier molecular flexibility index (Phi) is 9.05. The number of allylic oxidation sites excluding steroid dienone is 3. The molecule has 0 fully saturated rings. The van der Waals surface area contributed by atoms with E-state index in [1.165, 1.54) is 49.8 Å². The van der Waals surface area contributed by atoms with Gasteiger partial charge in [-0.1, -0.05) is 26.2 Å². The van der Waals surface area contributed by atoms with Gasteiger partial charge >= 0.3 is 0 Å². The Balaban J connectivity index is 2.86. The minimum Gasteiger partial charge on any atom is -0.388 e. The maximum Gasteiger partial charge on any atom is 0.148 e. The summed E-state index contributed by atoms with van der Waals surface area (Å²) in [6.07, 6.45) is 12.6. The molecule has 1 rings (SSSR count). The minimum absolute atomic E-state index is 0.398. The van der Waals surface area contributed by atoms with Crippen LogP contribution in [0.5, 0.6) is 0 Å². The second-order valence-electron chi connectivity index (χ2n) is 5.47. The van der Waals surface area contributed by atoms with E-state index in [0.717, 1.165) is 31.2 Å². The molecule has 0 saturated heterocycles. The van der Waals surface area contributed by atoms with Gasteiger partial charge in [-0.2, -0.15) is 0 Å². The maximum absolute atomic E-state index is 11.1. The third-order valence-electron chi connectivity index (χ3n) is 3.70. The highest BCUT2D eigenvalue weighted by molar-refractivity contribution is 5.74. The van der Waals surface area contributed by atoms with Crippen LogP contribution in [0.1, 0.15) is 58.3 Å². The predicted molar refractivity (Wildman–Crippen MR) is 83.7 cm³/mol. The zero-order valence-electron chi connectivity index (χ0n) is 13.0. The van der Waals surface area contributed by atoms with Crippen LogP contribution in [-0.2, 0) is 9.53 Å². The summed E-state index contributed by atoms with van der Waals surface area (Å²) in [4.78, 5) is 11.1. The Hall–Kier alpha value is -1.09. The molecule has 0 atom stereocenters. The Bertz CT molecular complexity index is 345. The zero-order valence-corrected chi connectivity index (χ0v) is 13.0. The van der Waals surface area contributed by atoms with Crippen molar-refractivity contribution in [1.29, 1.82) is 0 Å². The number of rotatable bonds is 8. The van der Waals surface area contributed by atoms with E-state index in [9.17, 15) is 4.79 Å². The maximum atomic E-state index is 11.1. The molecule has 1 aliphatic rings. The minimum atomic E-state index is 0.398. The number of carbonyl (C=O) groups excluding carboxylic acids is 1. The smallest absolute Gasteiger partial charge is 0.148 e. The van der Waals surface area contributed by atoms with Crippen molar-refractivity contribution in [3.63, 3.8) is 0 Å². The van der Waals surface area contributed by atoms with Gasteiger partial charge < -0.3 is 10.1 Å². The third-order valence-corrected chi connectivity index (χ3v) is 3.70. The number of unbranched alkanes of at least 4 members (excludes halogenated alkanes) is 1. The van der Waals surface area contributed by atoms with Gasteiger partial charge in [0.15, 0.2) is 0 Å². The number of nitrogens with one attached hydrogen (secondary N) is 1. The van der Waals surface area contributed by atoms with Crippen LogP contribution in [0.25, 0.3) is 0 Å². The molecule has 0 aromatic rings. The highest BCUT2D eigenvalue weighted by Crippen LogP contribution is 2.23. The van der Waals surface area contributed by atoms with Crippen molar-refractivity contribution >= 4 is 6.29 Å². The lowest BCUT2D eigenvalue weighted by molar-refractivity contribution is -0.105. The molecule has 3 nitrogen and oxygen atoms in total. The van der Waals surface area contributed by atoms with E-state index in [1.807, 2.05) is 6.08 Å². The molecular weight excluding hydrogens is 250 g/mol. The average molecular weight is 279 g/mol. The van der Waals surface area contributed by atoms with Crippen molar-refractivity contribution in [1.82, 2.24) is 5.32 Å². The SMILES string of the molecule is CCCCN/C1=C(\C=C(/C=O)COC)CCCCCC1. The van der Waals surface area contributed by atoms with Gasteiger partial charge in [0.2, 0.25) is 0 Å². The molecule has 0 spiro atoms. The molecule has 0 aromatic heterocycles. The van der Waals surface area contributed by atoms with E-state index in [1.54, 1.807) is 7.11 Å². The number of ether oxygens (including phenoxy) is 1. The van der Waals surface area contributed by atoms with Gasteiger partial charge in [-0.15, -0.1) is 0 Å². The lowest BCUT2D eigenvalue weighted by Gasteiger charge is -2.18. The van der Waals surface area contributed by atoms with Crippen LogP contribution < -0.4 is 5.32 Å². The summed E-state index contributed by atoms with van der Waals surface area (Å²) < 4.78 is 5.08. The number of aldehydes is 1. The van der Waals surface area contributed by atoms with Crippen LogP contribution >= 0.6 is 0 Å². The molecule has 0 heterocycles. The summed E-state index contributed by atoms with van der Waals surface area (Å²) in [6, 6.07) is 0. The lowest BCUT2D eigenvalue weighted by Crippen LogP contribution is -2.17. The quantitative estimate of drug-likeness (QED) is 0.418. The third kappa shape index (κ3) is 6.38. The van der Waals surface area contributed by atoms with Crippen molar-refractivity contribution in [3.8, 4) is 0 Å². The normalized spacial score (nSPS) is 21.2. The van der Waals surface area contributed by atoms with Crippen LogP contribution in [0.3, 0.4) is 0 Å². The topological polar surface area (TPSA) is 38.3 Å². The fourth-order valence-corrected chi connectivity index (χ4v) is 2.56. The first-order chi connectivity index (χ1) is 9.81. The van der Waals surface area contributed by atoms with E-state index in [-0.39, 0.29) is 0 Å². The molecule has 0 bridgehead atoms. The van der Waals surface area contributed by atoms with Crippen molar-refractivity contribution in [3.05, 3.63) is 22.9 Å². The van der Waals surface area contributed by atoms with Gasteiger partial charge in [-0.3, -0.25) is 4.79 Å². The van der Waals surface area contributed by atoms with Gasteiger partial charge in [0, 0.05) is 24.9 Å². The highest BCUT2D eigenvalue weighted by atomic mass is 16.5. The van der Waals surface area contributed by atoms with Crippen molar-refractivity contribution in [2.24, 2.45) is 0 Å². The Morgan fingerprint density at radius 1 is 1.25 bits per heavy atom. The summed E-state index contributed by atoms with van der Waals surface area (Å²) in [5.41, 5.74) is 3.38. The van der Waals surface area contributed by atoms with Crippen LogP contribution in [0, 0.1) is 0 Å². The first-order valence-corrected chi connectivity index (χ1v) is 7.92. The summed E-state index contributed by atoms with van der Waals surface area (Å²) in [7, 11) is 1.63. The first kappa shape index (κ1) is 17.0. The fraction of sp³-hybridized carbons (Fsp3) is 0.706. The number of carbonyl (C=O) groups is 1. The number of methoxy groups -OCH3 is 1. The predicted octanol–water partition coefficient (Wildman–Crippen LogP) is 3.76. The number of hydrogen-bond donors (Lipinski definition) is 1. The van der Waals surface area contributed by atoms with Crippen LogP contribution in [0.4, 0.5) is 0 Å². The molecule has 0 radical (unpaired) electrons. The lowest BCUT2D eigenvalue weighted by atomic mass is 9.95. The molecule has 20 heavy (non-hydrogen) atoms. The fourth-order valence-electron chi connectivity index (χ4n) is 2.56. The molecule has 0 unspecified atom stereocenters. The average Bonchev–Trinajstić information content (AvgIpc) is 2.44. The van der Waals surface area contributed by atoms with Gasteiger partial charge in [-0.05, 0) is 43.8 Å². The molecule has 1 N–H and O–H groups in total. The summed E-state index contributed by atoms with van der Waals surface area (Å²) in [5, 5.41) is 3.59. The van der Waals surface area contributed by atoms with Gasteiger partial charge in [-0.25, -0.2) is 0 Å². The largest absolute Gasteiger partial charge is 0.388 e. The highest BCUT2D eigenvalue weighted by Gasteiger charge is 2.09. The van der Waals surface area contributed by atoms with E-state index in [2.05, 4.69) is 12.2 Å². The first-order valence-electron chi connectivity index (χ1n) is 7.92. The molecule has 1 aliphatic carbocycles. The number of hydrogen-bond acceptors (Lipinski definition) is 3. The Labute approximate surface area is 123 Å². The molecule has 0 aliphatic heterocycles. The summed E-state index contributed by atoms with van der Waals surface area (Å²) in [6.45, 7) is 3.64. The summed E-state index contributed by atoms with van der Waals surface area (Å²) >= 11 is 0. The van der Waals surface area contributed by atoms with Crippen LogP contribution in [0.2, 0.25) is 0 Å². The van der Waals surface area contributed by atoms with Gasteiger partial charge in [0.25, 0.3) is 0 Å². The van der Waals surface area contributed by atoms with E-state index >= 15 is 0 Å². The molecule has 0 amide bonds. The van der Waals surface area contributed by atoms with E-state index in [4.69, 9.17) is 4.74 Å². The second-order valence-corrected chi connectivity index (χ2v) is 5.47. The van der Waals surface area contributed by atoms with E-state index < -0.39 is 0 Å². The molecule has 0 saturated carbocycles. The molecular formula is C17H29NO2. The van der Waals surface area contributed by atoms with Crippen molar-refractivity contribution in [2.75, 3.05) is 20.3 Å². The van der Waals surface area contributed by atoms with Gasteiger partial charge in [0.05, 0.1) is 6.61 Å².